The first-order chi connectivity index (χ1) is 14.7. The van der Waals surface area contributed by atoms with Crippen LogP contribution < -0.4 is 10.2 Å². The smallest absolute Gasteiger partial charge is 0.182 e. The molecule has 1 aromatic carbocycles. The van der Waals surface area contributed by atoms with Gasteiger partial charge in [0.1, 0.15) is 17.2 Å². The fourth-order valence-electron chi connectivity index (χ4n) is 3.95. The molecule has 1 fully saturated rings. The van der Waals surface area contributed by atoms with Gasteiger partial charge in [-0.25, -0.2) is 15.0 Å². The Labute approximate surface area is 173 Å². The Hall–Kier alpha value is -3.23. The highest BCUT2D eigenvalue weighted by Crippen LogP contribution is 2.24. The minimum absolute atomic E-state index is 0.0343. The standard InChI is InChI=1S/C22H24N6O2/c29-13-16-12-28(8-6-19(16)30)21-4-3-17-22(27-21)26-20(11-24-17)25-10-14-1-2-15-5-7-23-18(15)9-14/h1-5,7,9,11,16,19,23,29-30H,6,8,10,12-13H2,(H,25,26,27). The number of aromatic nitrogens is 4. The fourth-order valence-corrected chi connectivity index (χ4v) is 3.95. The number of rotatable bonds is 5. The van der Waals surface area contributed by atoms with Gasteiger partial charge in [-0.05, 0) is 41.6 Å². The number of hydrogen-bond donors (Lipinski definition) is 4. The van der Waals surface area contributed by atoms with E-state index in [1.165, 1.54) is 5.39 Å². The topological polar surface area (TPSA) is 110 Å². The monoisotopic (exact) mass is 404 g/mol. The van der Waals surface area contributed by atoms with Gasteiger partial charge in [0.2, 0.25) is 0 Å². The first-order valence-corrected chi connectivity index (χ1v) is 10.2. The van der Waals surface area contributed by atoms with E-state index in [0.717, 1.165) is 22.4 Å². The Morgan fingerprint density at radius 2 is 2.10 bits per heavy atom. The van der Waals surface area contributed by atoms with Crippen molar-refractivity contribution in [3.8, 4) is 0 Å². The van der Waals surface area contributed by atoms with Gasteiger partial charge in [-0.15, -0.1) is 0 Å². The second-order valence-electron chi connectivity index (χ2n) is 7.76. The molecule has 4 aromatic rings. The summed E-state index contributed by atoms with van der Waals surface area (Å²) in [6.45, 7) is 1.87. The lowest BCUT2D eigenvalue weighted by Gasteiger charge is -2.36. The van der Waals surface area contributed by atoms with Gasteiger partial charge in [0.15, 0.2) is 5.65 Å². The van der Waals surface area contributed by atoms with Crippen molar-refractivity contribution in [2.45, 2.75) is 19.1 Å². The van der Waals surface area contributed by atoms with E-state index in [1.807, 2.05) is 18.3 Å². The molecular formula is C22H24N6O2. The molecule has 1 saturated heterocycles. The summed E-state index contributed by atoms with van der Waals surface area (Å²) in [5.41, 5.74) is 3.56. The van der Waals surface area contributed by atoms with Gasteiger partial charge >= 0.3 is 0 Å². The largest absolute Gasteiger partial charge is 0.396 e. The summed E-state index contributed by atoms with van der Waals surface area (Å²) in [7, 11) is 0. The normalized spacial score (nSPS) is 19.5. The number of anilines is 2. The quantitative estimate of drug-likeness (QED) is 0.404. The van der Waals surface area contributed by atoms with Crippen molar-refractivity contribution in [1.29, 1.82) is 0 Å². The average molecular weight is 404 g/mol. The molecule has 2 atom stereocenters. The van der Waals surface area contributed by atoms with E-state index < -0.39 is 6.10 Å². The molecule has 0 radical (unpaired) electrons. The second kappa shape index (κ2) is 7.89. The predicted molar refractivity (Wildman–Crippen MR) is 116 cm³/mol. The minimum atomic E-state index is -0.465. The zero-order valence-electron chi connectivity index (χ0n) is 16.5. The van der Waals surface area contributed by atoms with Crippen LogP contribution in [0.1, 0.15) is 12.0 Å². The summed E-state index contributed by atoms with van der Waals surface area (Å²) in [6, 6.07) is 12.2. The molecule has 0 saturated carbocycles. The maximum Gasteiger partial charge on any atom is 0.182 e. The molecular weight excluding hydrogens is 380 g/mol. The maximum atomic E-state index is 10.0. The van der Waals surface area contributed by atoms with Gasteiger partial charge in [-0.3, -0.25) is 0 Å². The van der Waals surface area contributed by atoms with Gasteiger partial charge in [0.25, 0.3) is 0 Å². The van der Waals surface area contributed by atoms with Crippen LogP contribution in [-0.4, -0.2) is 55.9 Å². The third kappa shape index (κ3) is 3.67. The minimum Gasteiger partial charge on any atom is -0.396 e. The van der Waals surface area contributed by atoms with Gasteiger partial charge in [-0.2, -0.15) is 0 Å². The van der Waals surface area contributed by atoms with Gasteiger partial charge in [0.05, 0.1) is 18.9 Å². The maximum absolute atomic E-state index is 10.0. The van der Waals surface area contributed by atoms with Crippen LogP contribution in [0.25, 0.3) is 22.1 Å². The molecule has 1 aliphatic rings. The van der Waals surface area contributed by atoms with Crippen LogP contribution in [0, 0.1) is 5.92 Å². The van der Waals surface area contributed by atoms with Crippen LogP contribution in [0.2, 0.25) is 0 Å². The van der Waals surface area contributed by atoms with Crippen molar-refractivity contribution >= 4 is 33.7 Å². The predicted octanol–water partition coefficient (Wildman–Crippen LogP) is 2.30. The second-order valence-corrected chi connectivity index (χ2v) is 7.76. The molecule has 4 N–H and O–H groups in total. The van der Waals surface area contributed by atoms with Crippen LogP contribution in [0.5, 0.6) is 0 Å². The van der Waals surface area contributed by atoms with Gasteiger partial charge in [-0.1, -0.05) is 12.1 Å². The summed E-state index contributed by atoms with van der Waals surface area (Å²) in [6.07, 6.45) is 3.80. The Balaban J connectivity index is 1.34. The number of aliphatic hydroxyl groups is 2. The number of pyridine rings is 1. The van der Waals surface area contributed by atoms with Crippen LogP contribution in [0.3, 0.4) is 0 Å². The number of nitrogens with one attached hydrogen (secondary N) is 2. The molecule has 3 aromatic heterocycles. The number of aromatic amines is 1. The number of piperidine rings is 1. The number of benzene rings is 1. The van der Waals surface area contributed by atoms with Crippen molar-refractivity contribution in [3.05, 3.63) is 54.4 Å². The fraction of sp³-hybridized carbons (Fsp3) is 0.318. The number of aliphatic hydroxyl groups excluding tert-OH is 2. The number of hydrogen-bond acceptors (Lipinski definition) is 7. The number of fused-ring (bicyclic) bond motifs is 2. The molecule has 0 amide bonds. The van der Waals surface area contributed by atoms with Gasteiger partial charge < -0.3 is 25.4 Å². The summed E-state index contributed by atoms with van der Waals surface area (Å²) >= 11 is 0. The molecule has 0 spiro atoms. The molecule has 1 aliphatic heterocycles. The van der Waals surface area contributed by atoms with Gasteiger partial charge in [0, 0.05) is 37.3 Å². The van der Waals surface area contributed by atoms with Crippen molar-refractivity contribution < 1.29 is 10.2 Å². The highest BCUT2D eigenvalue weighted by molar-refractivity contribution is 5.80. The highest BCUT2D eigenvalue weighted by atomic mass is 16.3. The summed E-state index contributed by atoms with van der Waals surface area (Å²) in [5.74, 6) is 1.30. The highest BCUT2D eigenvalue weighted by Gasteiger charge is 2.28. The average Bonchev–Trinajstić information content (AvgIpc) is 3.25. The number of nitrogens with zero attached hydrogens (tertiary/aromatic N) is 4. The lowest BCUT2D eigenvalue weighted by atomic mass is 9.95. The first-order valence-electron chi connectivity index (χ1n) is 10.2. The third-order valence-electron chi connectivity index (χ3n) is 5.74. The van der Waals surface area contributed by atoms with Crippen LogP contribution in [-0.2, 0) is 6.54 Å². The van der Waals surface area contributed by atoms with E-state index in [1.54, 1.807) is 6.20 Å². The Morgan fingerprint density at radius 1 is 1.17 bits per heavy atom. The molecule has 154 valence electrons. The lowest BCUT2D eigenvalue weighted by Crippen LogP contribution is -2.45. The van der Waals surface area contributed by atoms with Crippen molar-refractivity contribution in [2.24, 2.45) is 5.92 Å². The summed E-state index contributed by atoms with van der Waals surface area (Å²) in [5, 5.41) is 24.0. The summed E-state index contributed by atoms with van der Waals surface area (Å²) in [4.78, 5) is 19.1. The first kappa shape index (κ1) is 18.8. The molecule has 2 unspecified atom stereocenters. The molecule has 8 nitrogen and oxygen atoms in total. The SMILES string of the molecule is OCC1CN(c2ccc3ncc(NCc4ccc5cc[nH]c5c4)nc3n2)CCC1O. The van der Waals surface area contributed by atoms with E-state index >= 15 is 0 Å². The Morgan fingerprint density at radius 3 is 3.00 bits per heavy atom. The van der Waals surface area contributed by atoms with Crippen LogP contribution >= 0.6 is 0 Å². The molecule has 30 heavy (non-hydrogen) atoms. The molecule has 0 aliphatic carbocycles. The Kier molecular flexibility index (Phi) is 4.94. The number of H-pyrrole nitrogens is 1. The van der Waals surface area contributed by atoms with Crippen LogP contribution in [0.15, 0.2) is 48.8 Å². The zero-order chi connectivity index (χ0) is 20.5. The van der Waals surface area contributed by atoms with Crippen molar-refractivity contribution in [2.75, 3.05) is 29.9 Å². The van der Waals surface area contributed by atoms with E-state index in [0.29, 0.717) is 37.5 Å². The van der Waals surface area contributed by atoms with Crippen LogP contribution in [0.4, 0.5) is 11.6 Å². The zero-order valence-corrected chi connectivity index (χ0v) is 16.5. The molecule has 8 heteroatoms. The van der Waals surface area contributed by atoms with Crippen molar-refractivity contribution in [1.82, 2.24) is 19.9 Å². The van der Waals surface area contributed by atoms with E-state index in [9.17, 15) is 10.2 Å². The molecule has 4 heterocycles. The van der Waals surface area contributed by atoms with Crippen molar-refractivity contribution in [3.63, 3.8) is 0 Å². The van der Waals surface area contributed by atoms with E-state index in [-0.39, 0.29) is 12.5 Å². The third-order valence-corrected chi connectivity index (χ3v) is 5.74. The summed E-state index contributed by atoms with van der Waals surface area (Å²) < 4.78 is 0. The van der Waals surface area contributed by atoms with E-state index in [2.05, 4.69) is 54.4 Å². The Bertz CT molecular complexity index is 1180. The molecule has 5 rings (SSSR count). The molecule has 0 bridgehead atoms. The lowest BCUT2D eigenvalue weighted by molar-refractivity contribution is 0.0524. The van der Waals surface area contributed by atoms with E-state index in [4.69, 9.17) is 0 Å².